The Bertz CT molecular complexity index is 412. The summed E-state index contributed by atoms with van der Waals surface area (Å²) in [5.41, 5.74) is 0.204. The van der Waals surface area contributed by atoms with Crippen molar-refractivity contribution in [2.75, 3.05) is 18.0 Å². The first-order chi connectivity index (χ1) is 7.98. The van der Waals surface area contributed by atoms with Crippen molar-refractivity contribution in [1.29, 1.82) is 0 Å². The van der Waals surface area contributed by atoms with E-state index in [1.54, 1.807) is 6.07 Å². The Kier molecular flexibility index (Phi) is 3.76. The van der Waals surface area contributed by atoms with Gasteiger partial charge in [-0.15, -0.1) is 10.2 Å². The van der Waals surface area contributed by atoms with Crippen molar-refractivity contribution in [3.63, 3.8) is 0 Å². The van der Waals surface area contributed by atoms with Gasteiger partial charge >= 0.3 is 0 Å². The normalized spacial score (nSPS) is 25.8. The molecule has 0 amide bonds. The fourth-order valence-corrected chi connectivity index (χ4v) is 2.42. The minimum absolute atomic E-state index is 0.334. The van der Waals surface area contributed by atoms with Crippen LogP contribution in [0, 0.1) is 0 Å². The monoisotopic (exact) mass is 275 g/mol. The summed E-state index contributed by atoms with van der Waals surface area (Å²) < 4.78 is 0. The van der Waals surface area contributed by atoms with Crippen molar-refractivity contribution in [3.05, 3.63) is 16.4 Å². The second-order valence-corrected chi connectivity index (χ2v) is 5.43. The van der Waals surface area contributed by atoms with E-state index in [0.717, 1.165) is 31.6 Å². The van der Waals surface area contributed by atoms with Gasteiger partial charge in [0.2, 0.25) is 0 Å². The van der Waals surface area contributed by atoms with Crippen LogP contribution in [-0.2, 0) is 0 Å². The van der Waals surface area contributed by atoms with Crippen LogP contribution in [0.3, 0.4) is 0 Å². The van der Waals surface area contributed by atoms with Gasteiger partial charge in [-0.1, -0.05) is 23.2 Å². The summed E-state index contributed by atoms with van der Waals surface area (Å²) in [5.74, 6) is 0. The van der Waals surface area contributed by atoms with E-state index in [9.17, 15) is 5.11 Å². The Labute approximate surface area is 111 Å². The minimum atomic E-state index is -0.592. The number of aliphatic hydroxyl groups is 1. The summed E-state index contributed by atoms with van der Waals surface area (Å²) >= 11 is 11.8. The maximum atomic E-state index is 10.0. The second-order valence-electron chi connectivity index (χ2n) is 4.68. The van der Waals surface area contributed by atoms with Crippen molar-refractivity contribution < 1.29 is 5.11 Å². The SMILES string of the molecule is CC1(O)CCCN(c2cc(Cl)nnc2Cl)CC1. The summed E-state index contributed by atoms with van der Waals surface area (Å²) in [6, 6.07) is 1.72. The molecule has 0 aliphatic carbocycles. The topological polar surface area (TPSA) is 49.2 Å². The molecule has 1 atom stereocenters. The second kappa shape index (κ2) is 4.96. The molecule has 2 heterocycles. The van der Waals surface area contributed by atoms with Crippen molar-refractivity contribution in [2.24, 2.45) is 0 Å². The lowest BCUT2D eigenvalue weighted by Gasteiger charge is -2.24. The van der Waals surface area contributed by atoms with Crippen molar-refractivity contribution in [2.45, 2.75) is 31.8 Å². The molecular weight excluding hydrogens is 261 g/mol. The van der Waals surface area contributed by atoms with E-state index in [1.165, 1.54) is 0 Å². The number of aromatic nitrogens is 2. The van der Waals surface area contributed by atoms with Gasteiger partial charge in [0.15, 0.2) is 10.3 Å². The van der Waals surface area contributed by atoms with E-state index in [-0.39, 0.29) is 0 Å². The lowest BCUT2D eigenvalue weighted by atomic mass is 9.98. The Morgan fingerprint density at radius 1 is 1.29 bits per heavy atom. The smallest absolute Gasteiger partial charge is 0.175 e. The summed E-state index contributed by atoms with van der Waals surface area (Å²) in [6.07, 6.45) is 2.43. The summed E-state index contributed by atoms with van der Waals surface area (Å²) in [4.78, 5) is 2.10. The predicted molar refractivity (Wildman–Crippen MR) is 68.7 cm³/mol. The molecule has 17 heavy (non-hydrogen) atoms. The molecule has 0 radical (unpaired) electrons. The van der Waals surface area contributed by atoms with Crippen LogP contribution in [0.25, 0.3) is 0 Å². The minimum Gasteiger partial charge on any atom is -0.390 e. The Balaban J connectivity index is 2.19. The molecule has 1 aromatic rings. The number of hydrogen-bond donors (Lipinski definition) is 1. The van der Waals surface area contributed by atoms with Gasteiger partial charge in [0, 0.05) is 19.2 Å². The van der Waals surface area contributed by atoms with Crippen LogP contribution in [-0.4, -0.2) is 34.0 Å². The Morgan fingerprint density at radius 2 is 2.06 bits per heavy atom. The van der Waals surface area contributed by atoms with Gasteiger partial charge in [0.1, 0.15) is 0 Å². The largest absolute Gasteiger partial charge is 0.390 e. The quantitative estimate of drug-likeness (QED) is 0.856. The molecule has 1 unspecified atom stereocenters. The summed E-state index contributed by atoms with van der Waals surface area (Å²) in [5, 5.41) is 18.2. The molecule has 4 nitrogen and oxygen atoms in total. The zero-order valence-corrected chi connectivity index (χ0v) is 11.2. The van der Waals surface area contributed by atoms with Crippen molar-refractivity contribution in [1.82, 2.24) is 10.2 Å². The molecule has 6 heteroatoms. The van der Waals surface area contributed by atoms with Gasteiger partial charge in [0.05, 0.1) is 11.3 Å². The average molecular weight is 276 g/mol. The third-order valence-corrected chi connectivity index (χ3v) is 3.56. The maximum Gasteiger partial charge on any atom is 0.175 e. The first-order valence-corrected chi connectivity index (χ1v) is 6.40. The molecule has 0 aromatic carbocycles. The van der Waals surface area contributed by atoms with E-state index >= 15 is 0 Å². The summed E-state index contributed by atoms with van der Waals surface area (Å²) in [6.45, 7) is 3.46. The van der Waals surface area contributed by atoms with E-state index in [0.29, 0.717) is 16.7 Å². The number of hydrogen-bond acceptors (Lipinski definition) is 4. The third kappa shape index (κ3) is 3.21. The Morgan fingerprint density at radius 3 is 2.82 bits per heavy atom. The molecule has 2 rings (SSSR count). The van der Waals surface area contributed by atoms with Gasteiger partial charge < -0.3 is 10.0 Å². The zero-order chi connectivity index (χ0) is 12.5. The van der Waals surface area contributed by atoms with E-state index in [1.807, 2.05) is 6.92 Å². The lowest BCUT2D eigenvalue weighted by Crippen LogP contribution is -2.28. The molecule has 1 fully saturated rings. The van der Waals surface area contributed by atoms with Gasteiger partial charge in [-0.2, -0.15) is 0 Å². The number of nitrogens with zero attached hydrogens (tertiary/aromatic N) is 3. The van der Waals surface area contributed by atoms with E-state index in [4.69, 9.17) is 23.2 Å². The van der Waals surface area contributed by atoms with Crippen LogP contribution < -0.4 is 4.90 Å². The molecule has 94 valence electrons. The van der Waals surface area contributed by atoms with Crippen molar-refractivity contribution in [3.8, 4) is 0 Å². The van der Waals surface area contributed by atoms with Crippen LogP contribution in [0.5, 0.6) is 0 Å². The third-order valence-electron chi connectivity index (χ3n) is 3.10. The van der Waals surface area contributed by atoms with Gasteiger partial charge in [-0.05, 0) is 26.2 Å². The first kappa shape index (κ1) is 12.9. The molecule has 1 aliphatic rings. The fourth-order valence-electron chi connectivity index (χ4n) is 2.07. The molecule has 1 N–H and O–H groups in total. The van der Waals surface area contributed by atoms with E-state index < -0.39 is 5.60 Å². The molecule has 0 bridgehead atoms. The summed E-state index contributed by atoms with van der Waals surface area (Å²) in [7, 11) is 0. The Hall–Kier alpha value is -0.580. The van der Waals surface area contributed by atoms with Crippen LogP contribution in [0.1, 0.15) is 26.2 Å². The molecular formula is C11H15Cl2N3O. The number of rotatable bonds is 1. The van der Waals surface area contributed by atoms with Gasteiger partial charge in [0.25, 0.3) is 0 Å². The first-order valence-electron chi connectivity index (χ1n) is 5.64. The molecule has 1 aromatic heterocycles. The predicted octanol–water partition coefficient (Wildman–Crippen LogP) is 2.52. The highest BCUT2D eigenvalue weighted by atomic mass is 35.5. The zero-order valence-electron chi connectivity index (χ0n) is 9.66. The lowest BCUT2D eigenvalue weighted by molar-refractivity contribution is 0.0481. The highest BCUT2D eigenvalue weighted by Crippen LogP contribution is 2.29. The molecule has 0 saturated carbocycles. The van der Waals surface area contributed by atoms with Crippen LogP contribution >= 0.6 is 23.2 Å². The molecule has 0 spiro atoms. The average Bonchev–Trinajstić information content (AvgIpc) is 2.43. The molecule has 1 aliphatic heterocycles. The van der Waals surface area contributed by atoms with Crippen LogP contribution in [0.4, 0.5) is 5.69 Å². The number of halogens is 2. The number of anilines is 1. The highest BCUT2D eigenvalue weighted by Gasteiger charge is 2.26. The fraction of sp³-hybridized carbons (Fsp3) is 0.636. The van der Waals surface area contributed by atoms with Crippen LogP contribution in [0.15, 0.2) is 6.07 Å². The standard InChI is InChI=1S/C11H15Cl2N3O/c1-11(17)3-2-5-16(6-4-11)8-7-9(12)14-15-10(8)13/h7,17H,2-6H2,1H3. The van der Waals surface area contributed by atoms with Crippen molar-refractivity contribution >= 4 is 28.9 Å². The van der Waals surface area contributed by atoms with Crippen LogP contribution in [0.2, 0.25) is 10.3 Å². The highest BCUT2D eigenvalue weighted by molar-refractivity contribution is 6.33. The maximum absolute atomic E-state index is 10.0. The van der Waals surface area contributed by atoms with Gasteiger partial charge in [-0.3, -0.25) is 0 Å². The van der Waals surface area contributed by atoms with E-state index in [2.05, 4.69) is 15.1 Å². The molecule has 1 saturated heterocycles. The van der Waals surface area contributed by atoms with Gasteiger partial charge in [-0.25, -0.2) is 0 Å².